The topological polar surface area (TPSA) is 84.8 Å². The number of aromatic nitrogens is 2. The fourth-order valence-corrected chi connectivity index (χ4v) is 4.00. The molecule has 0 radical (unpaired) electrons. The van der Waals surface area contributed by atoms with Crippen LogP contribution in [0.5, 0.6) is 0 Å². The van der Waals surface area contributed by atoms with Gasteiger partial charge in [-0.1, -0.05) is 17.7 Å². The van der Waals surface area contributed by atoms with Gasteiger partial charge in [0, 0.05) is 48.8 Å². The molecule has 1 amide bonds. The number of likely N-dealkylation sites (N-methyl/N-ethyl adjacent to an activating group) is 1. The highest BCUT2D eigenvalue weighted by Crippen LogP contribution is 2.33. The molecule has 1 saturated heterocycles. The zero-order chi connectivity index (χ0) is 25.9. The Labute approximate surface area is 210 Å². The van der Waals surface area contributed by atoms with Gasteiger partial charge in [0.2, 0.25) is 5.95 Å². The third-order valence-electron chi connectivity index (χ3n) is 5.82. The molecular weight excluding hydrogens is 497 g/mol. The Morgan fingerprint density at radius 1 is 1.14 bits per heavy atom. The van der Waals surface area contributed by atoms with Gasteiger partial charge in [-0.2, -0.15) is 18.2 Å². The molecule has 2 aromatic carbocycles. The molecule has 3 aromatic rings. The van der Waals surface area contributed by atoms with Gasteiger partial charge in [0.15, 0.2) is 0 Å². The molecule has 1 aromatic heterocycles. The van der Waals surface area contributed by atoms with Gasteiger partial charge in [-0.15, -0.1) is 0 Å². The summed E-state index contributed by atoms with van der Waals surface area (Å²) in [5, 5.41) is 12.9. The van der Waals surface area contributed by atoms with E-state index in [-0.39, 0.29) is 22.4 Å². The van der Waals surface area contributed by atoms with Crippen LogP contribution in [0.25, 0.3) is 0 Å². The number of alkyl halides is 3. The summed E-state index contributed by atoms with van der Waals surface area (Å²) in [4.78, 5) is 25.8. The Morgan fingerprint density at radius 2 is 1.89 bits per heavy atom. The second-order valence-electron chi connectivity index (χ2n) is 8.38. The van der Waals surface area contributed by atoms with Crippen molar-refractivity contribution in [3.05, 3.63) is 70.9 Å². The average molecular weight is 521 g/mol. The Balaban J connectivity index is 1.54. The number of halogens is 4. The number of hydrogen-bond acceptors (Lipinski definition) is 6. The van der Waals surface area contributed by atoms with Crippen molar-refractivity contribution in [2.45, 2.75) is 12.7 Å². The highest BCUT2D eigenvalue weighted by molar-refractivity contribution is 6.31. The summed E-state index contributed by atoms with van der Waals surface area (Å²) < 4.78 is 39.4. The third kappa shape index (κ3) is 6.16. The maximum absolute atomic E-state index is 13.1. The van der Waals surface area contributed by atoms with Crippen LogP contribution in [0.1, 0.15) is 11.1 Å². The van der Waals surface area contributed by atoms with Crippen molar-refractivity contribution in [2.75, 3.05) is 48.3 Å². The summed E-state index contributed by atoms with van der Waals surface area (Å²) in [6, 6.07) is 11.9. The largest absolute Gasteiger partial charge is 0.465 e. The molecule has 0 unspecified atom stereocenters. The van der Waals surface area contributed by atoms with E-state index >= 15 is 0 Å². The smallest absolute Gasteiger partial charge is 0.416 e. The monoisotopic (exact) mass is 520 g/mol. The van der Waals surface area contributed by atoms with Gasteiger partial charge in [0.05, 0.1) is 12.1 Å². The average Bonchev–Trinajstić information content (AvgIpc) is 2.83. The predicted octanol–water partition coefficient (Wildman–Crippen LogP) is 5.33. The van der Waals surface area contributed by atoms with Crippen LogP contribution in [0.2, 0.25) is 5.02 Å². The van der Waals surface area contributed by atoms with Crippen LogP contribution in [0, 0.1) is 0 Å². The number of hydrogen-bond donors (Lipinski definition) is 2. The van der Waals surface area contributed by atoms with Crippen molar-refractivity contribution in [2.24, 2.45) is 0 Å². The molecule has 0 bridgehead atoms. The van der Waals surface area contributed by atoms with Gasteiger partial charge in [-0.05, 0) is 55.1 Å². The number of nitrogens with zero attached hydrogens (tertiary/aromatic N) is 5. The summed E-state index contributed by atoms with van der Waals surface area (Å²) in [5.74, 6) is 0.133. The minimum absolute atomic E-state index is 0.00175. The molecule has 2 N–H and O–H groups in total. The van der Waals surface area contributed by atoms with Crippen LogP contribution in [-0.2, 0) is 12.7 Å². The van der Waals surface area contributed by atoms with Crippen molar-refractivity contribution >= 4 is 40.8 Å². The molecule has 2 heterocycles. The van der Waals surface area contributed by atoms with Crippen LogP contribution >= 0.6 is 11.6 Å². The molecule has 1 fully saturated rings. The highest BCUT2D eigenvalue weighted by Gasteiger charge is 2.31. The molecule has 190 valence electrons. The summed E-state index contributed by atoms with van der Waals surface area (Å²) in [5.41, 5.74) is 0.835. The molecular formula is C24H24ClF3N6O2. The van der Waals surface area contributed by atoms with E-state index < -0.39 is 24.4 Å². The Bertz CT molecular complexity index is 1230. The first-order valence-corrected chi connectivity index (χ1v) is 11.5. The van der Waals surface area contributed by atoms with E-state index in [1.807, 2.05) is 24.3 Å². The molecule has 0 aliphatic carbocycles. The summed E-state index contributed by atoms with van der Waals surface area (Å²) in [6.45, 7) is 3.30. The van der Waals surface area contributed by atoms with Crippen molar-refractivity contribution in [3.8, 4) is 0 Å². The molecule has 4 rings (SSSR count). The molecule has 0 atom stereocenters. The van der Waals surface area contributed by atoms with E-state index in [2.05, 4.69) is 32.1 Å². The first-order chi connectivity index (χ1) is 17.1. The fourth-order valence-electron chi connectivity index (χ4n) is 3.82. The number of carboxylic acid groups (broad SMARTS) is 1. The lowest BCUT2D eigenvalue weighted by atomic mass is 10.1. The Morgan fingerprint density at radius 3 is 2.58 bits per heavy atom. The number of carbonyl (C=O) groups is 1. The lowest BCUT2D eigenvalue weighted by molar-refractivity contribution is -0.137. The SMILES string of the molecule is CN1CCN(c2cccc(Nc3nccc(N(Cc4cc(C(F)(F)F)ccc4Cl)C(=O)O)n3)c2)CC1. The summed E-state index contributed by atoms with van der Waals surface area (Å²) >= 11 is 6.07. The van der Waals surface area contributed by atoms with Crippen LogP contribution < -0.4 is 15.1 Å². The lowest BCUT2D eigenvalue weighted by Crippen LogP contribution is -2.44. The van der Waals surface area contributed by atoms with Crippen LogP contribution in [-0.4, -0.2) is 59.3 Å². The number of nitrogens with one attached hydrogen (secondary N) is 1. The third-order valence-corrected chi connectivity index (χ3v) is 6.19. The lowest BCUT2D eigenvalue weighted by Gasteiger charge is -2.34. The second-order valence-corrected chi connectivity index (χ2v) is 8.78. The first-order valence-electron chi connectivity index (χ1n) is 11.1. The van der Waals surface area contributed by atoms with Gasteiger partial charge >= 0.3 is 12.3 Å². The molecule has 12 heteroatoms. The van der Waals surface area contributed by atoms with Crippen molar-refractivity contribution < 1.29 is 23.1 Å². The zero-order valence-electron chi connectivity index (χ0n) is 19.3. The van der Waals surface area contributed by atoms with Gasteiger partial charge in [0.25, 0.3) is 0 Å². The molecule has 0 saturated carbocycles. The number of anilines is 4. The van der Waals surface area contributed by atoms with E-state index in [0.717, 1.165) is 55.0 Å². The van der Waals surface area contributed by atoms with Gasteiger partial charge in [-0.25, -0.2) is 9.78 Å². The molecule has 1 aliphatic heterocycles. The highest BCUT2D eigenvalue weighted by atomic mass is 35.5. The molecule has 8 nitrogen and oxygen atoms in total. The second kappa shape index (κ2) is 10.6. The van der Waals surface area contributed by atoms with Crippen molar-refractivity contribution in [3.63, 3.8) is 0 Å². The maximum Gasteiger partial charge on any atom is 0.416 e. The quantitative estimate of drug-likeness (QED) is 0.454. The van der Waals surface area contributed by atoms with E-state index in [4.69, 9.17) is 11.6 Å². The van der Waals surface area contributed by atoms with Crippen molar-refractivity contribution in [1.29, 1.82) is 0 Å². The summed E-state index contributed by atoms with van der Waals surface area (Å²) in [7, 11) is 2.08. The number of piperazine rings is 1. The number of amides is 1. The molecule has 0 spiro atoms. The van der Waals surface area contributed by atoms with Gasteiger partial charge in [0.1, 0.15) is 5.82 Å². The standard InChI is InChI=1S/C24H24ClF3N6O2/c1-32-9-11-33(12-10-32)19-4-2-3-18(14-19)30-22-29-8-7-21(31-22)34(23(35)36)15-16-13-17(24(26,27)28)5-6-20(16)25/h2-8,13-14H,9-12,15H2,1H3,(H,35,36)(H,29,30,31). The molecule has 1 aliphatic rings. The molecule has 36 heavy (non-hydrogen) atoms. The first kappa shape index (κ1) is 25.5. The number of rotatable bonds is 6. The Kier molecular flexibility index (Phi) is 7.51. The van der Waals surface area contributed by atoms with E-state index in [0.29, 0.717) is 5.69 Å². The van der Waals surface area contributed by atoms with Crippen LogP contribution in [0.15, 0.2) is 54.7 Å². The van der Waals surface area contributed by atoms with E-state index in [1.54, 1.807) is 0 Å². The van der Waals surface area contributed by atoms with E-state index in [1.165, 1.54) is 12.3 Å². The van der Waals surface area contributed by atoms with Crippen molar-refractivity contribution in [1.82, 2.24) is 14.9 Å². The van der Waals surface area contributed by atoms with Crippen LogP contribution in [0.3, 0.4) is 0 Å². The Hall–Kier alpha value is -3.57. The minimum Gasteiger partial charge on any atom is -0.465 e. The maximum atomic E-state index is 13.1. The van der Waals surface area contributed by atoms with E-state index in [9.17, 15) is 23.1 Å². The van der Waals surface area contributed by atoms with Crippen LogP contribution in [0.4, 0.5) is 41.1 Å². The zero-order valence-corrected chi connectivity index (χ0v) is 20.1. The number of benzene rings is 2. The summed E-state index contributed by atoms with van der Waals surface area (Å²) in [6.07, 6.45) is -4.61. The normalized spacial score (nSPS) is 14.5. The minimum atomic E-state index is -4.59. The van der Waals surface area contributed by atoms with Gasteiger partial charge < -0.3 is 20.2 Å². The predicted molar refractivity (Wildman–Crippen MR) is 132 cm³/mol. The fraction of sp³-hybridized carbons (Fsp3) is 0.292. The van der Waals surface area contributed by atoms with Gasteiger partial charge in [-0.3, -0.25) is 4.90 Å².